The number of carbonyl (C=O) groups is 1. The molecule has 33 heavy (non-hydrogen) atoms. The Labute approximate surface area is 198 Å². The van der Waals surface area contributed by atoms with E-state index in [4.69, 9.17) is 0 Å². The third kappa shape index (κ3) is 4.39. The summed E-state index contributed by atoms with van der Waals surface area (Å²) < 4.78 is 0. The lowest BCUT2D eigenvalue weighted by molar-refractivity contribution is 0.0751. The molecule has 0 N–H and O–H groups in total. The molecule has 1 amide bonds. The minimum atomic E-state index is 0.106. The molecular weight excluding hydrogens is 434 g/mol. The number of piperazine rings is 2. The van der Waals surface area contributed by atoms with Crippen LogP contribution in [0.15, 0.2) is 30.7 Å². The second-order valence-corrected chi connectivity index (χ2v) is 9.73. The molecule has 0 atom stereocenters. The summed E-state index contributed by atoms with van der Waals surface area (Å²) in [6.45, 7) is 12.4. The molecule has 0 unspecified atom stereocenters. The summed E-state index contributed by atoms with van der Waals surface area (Å²) in [4.78, 5) is 37.9. The largest absolute Gasteiger partial charge is 0.353 e. The van der Waals surface area contributed by atoms with Crippen LogP contribution in [0, 0.1) is 6.92 Å². The fourth-order valence-electron chi connectivity index (χ4n) is 4.82. The lowest BCUT2D eigenvalue weighted by Crippen LogP contribution is -2.49. The van der Waals surface area contributed by atoms with Gasteiger partial charge in [0.25, 0.3) is 5.91 Å². The number of aromatic nitrogens is 3. The zero-order valence-corrected chi connectivity index (χ0v) is 20.2. The Balaban J connectivity index is 1.33. The van der Waals surface area contributed by atoms with Crippen LogP contribution in [0.1, 0.15) is 28.6 Å². The second kappa shape index (κ2) is 9.61. The summed E-state index contributed by atoms with van der Waals surface area (Å²) in [5.74, 6) is 2.06. The predicted molar refractivity (Wildman–Crippen MR) is 133 cm³/mol. The van der Waals surface area contributed by atoms with Crippen LogP contribution in [0.5, 0.6) is 0 Å². The molecule has 3 aromatic rings. The summed E-state index contributed by atoms with van der Waals surface area (Å²) in [6, 6.07) is 5.95. The molecule has 3 aromatic heterocycles. The molecule has 2 fully saturated rings. The Morgan fingerprint density at radius 1 is 0.970 bits per heavy atom. The van der Waals surface area contributed by atoms with Crippen molar-refractivity contribution >= 4 is 39.1 Å². The average Bonchev–Trinajstić information content (AvgIpc) is 3.21. The van der Waals surface area contributed by atoms with Gasteiger partial charge in [-0.3, -0.25) is 9.69 Å². The van der Waals surface area contributed by atoms with E-state index < -0.39 is 0 Å². The Morgan fingerprint density at radius 3 is 2.42 bits per heavy atom. The third-order valence-electron chi connectivity index (χ3n) is 6.65. The van der Waals surface area contributed by atoms with E-state index in [9.17, 15) is 4.79 Å². The molecule has 0 aliphatic carbocycles. The Bertz CT molecular complexity index is 1100. The van der Waals surface area contributed by atoms with Gasteiger partial charge in [0.1, 0.15) is 22.8 Å². The average molecular weight is 466 g/mol. The van der Waals surface area contributed by atoms with Crippen molar-refractivity contribution < 1.29 is 4.79 Å². The van der Waals surface area contributed by atoms with Gasteiger partial charge in [-0.2, -0.15) is 0 Å². The van der Waals surface area contributed by atoms with Crippen LogP contribution in [0.3, 0.4) is 0 Å². The number of hydrogen-bond donors (Lipinski definition) is 0. The molecule has 0 radical (unpaired) electrons. The second-order valence-electron chi connectivity index (χ2n) is 8.73. The van der Waals surface area contributed by atoms with Crippen LogP contribution in [0.4, 0.5) is 11.6 Å². The van der Waals surface area contributed by atoms with Crippen molar-refractivity contribution in [1.82, 2.24) is 24.8 Å². The molecule has 8 nitrogen and oxygen atoms in total. The number of pyridine rings is 1. The predicted octanol–water partition coefficient (Wildman–Crippen LogP) is 2.89. The van der Waals surface area contributed by atoms with Crippen molar-refractivity contribution in [2.75, 3.05) is 68.7 Å². The lowest BCUT2D eigenvalue weighted by atomic mass is 10.1. The monoisotopic (exact) mass is 465 g/mol. The number of aryl methyl sites for hydroxylation is 1. The van der Waals surface area contributed by atoms with Crippen LogP contribution in [0.25, 0.3) is 10.2 Å². The van der Waals surface area contributed by atoms with Gasteiger partial charge in [0, 0.05) is 58.6 Å². The smallest absolute Gasteiger partial charge is 0.264 e. The van der Waals surface area contributed by atoms with Crippen LogP contribution in [-0.2, 0) is 0 Å². The highest BCUT2D eigenvalue weighted by Gasteiger charge is 2.28. The first kappa shape index (κ1) is 22.0. The number of thiophene rings is 1. The van der Waals surface area contributed by atoms with Gasteiger partial charge in [-0.15, -0.1) is 11.3 Å². The van der Waals surface area contributed by atoms with Crippen molar-refractivity contribution in [2.45, 2.75) is 20.3 Å². The Kier molecular flexibility index (Phi) is 6.41. The minimum absolute atomic E-state index is 0.106. The Hall–Kier alpha value is -2.78. The normalized spacial score (nSPS) is 17.7. The van der Waals surface area contributed by atoms with Crippen molar-refractivity contribution in [3.63, 3.8) is 0 Å². The van der Waals surface area contributed by atoms with E-state index in [1.54, 1.807) is 6.33 Å². The SMILES string of the molecule is CCCN1CCN(c2ncnc3sc(C(=O)N4CCN(c5ccccn5)CC4)c(C)c23)CC1. The number of rotatable bonds is 5. The first-order chi connectivity index (χ1) is 16.2. The number of anilines is 2. The molecular formula is C24H31N7OS. The van der Waals surface area contributed by atoms with Gasteiger partial charge in [-0.05, 0) is 37.6 Å². The highest BCUT2D eigenvalue weighted by Crippen LogP contribution is 2.36. The highest BCUT2D eigenvalue weighted by atomic mass is 32.1. The molecule has 9 heteroatoms. The summed E-state index contributed by atoms with van der Waals surface area (Å²) in [5.41, 5.74) is 1.01. The van der Waals surface area contributed by atoms with E-state index in [1.807, 2.05) is 29.3 Å². The van der Waals surface area contributed by atoms with Gasteiger partial charge in [-0.25, -0.2) is 15.0 Å². The van der Waals surface area contributed by atoms with Gasteiger partial charge in [-0.1, -0.05) is 13.0 Å². The fraction of sp³-hybridized carbons (Fsp3) is 0.500. The number of hydrogen-bond acceptors (Lipinski definition) is 8. The molecule has 2 saturated heterocycles. The van der Waals surface area contributed by atoms with E-state index in [-0.39, 0.29) is 5.91 Å². The van der Waals surface area contributed by atoms with Crippen LogP contribution in [0.2, 0.25) is 0 Å². The van der Waals surface area contributed by atoms with E-state index in [2.05, 4.69) is 43.5 Å². The standard InChI is InChI=1S/C24H31N7OS/c1-3-8-28-9-11-30(12-10-28)22-20-18(2)21(33-23(20)27-17-26-22)24(32)31-15-13-29(14-16-31)19-6-4-5-7-25-19/h4-7,17H,3,8-16H2,1-2H3. The minimum Gasteiger partial charge on any atom is -0.353 e. The maximum Gasteiger partial charge on any atom is 0.264 e. The van der Waals surface area contributed by atoms with Crippen molar-refractivity contribution in [2.24, 2.45) is 0 Å². The van der Waals surface area contributed by atoms with E-state index in [0.29, 0.717) is 13.1 Å². The van der Waals surface area contributed by atoms with Gasteiger partial charge in [0.2, 0.25) is 0 Å². The number of amides is 1. The Morgan fingerprint density at radius 2 is 1.73 bits per heavy atom. The van der Waals surface area contributed by atoms with Gasteiger partial charge >= 0.3 is 0 Å². The molecule has 0 spiro atoms. The van der Waals surface area contributed by atoms with Crippen molar-refractivity contribution in [3.8, 4) is 0 Å². The van der Waals surface area contributed by atoms with E-state index in [0.717, 1.165) is 78.1 Å². The maximum absolute atomic E-state index is 13.5. The molecule has 0 bridgehead atoms. The van der Waals surface area contributed by atoms with Crippen LogP contribution < -0.4 is 9.80 Å². The molecule has 0 aromatic carbocycles. The summed E-state index contributed by atoms with van der Waals surface area (Å²) in [5, 5.41) is 1.04. The lowest BCUT2D eigenvalue weighted by Gasteiger charge is -2.35. The first-order valence-corrected chi connectivity index (χ1v) is 12.6. The fourth-order valence-corrected chi connectivity index (χ4v) is 5.93. The molecule has 2 aliphatic rings. The van der Waals surface area contributed by atoms with E-state index >= 15 is 0 Å². The third-order valence-corrected chi connectivity index (χ3v) is 7.84. The maximum atomic E-state index is 13.5. The highest BCUT2D eigenvalue weighted by molar-refractivity contribution is 7.20. The molecule has 2 aliphatic heterocycles. The summed E-state index contributed by atoms with van der Waals surface area (Å²) >= 11 is 1.50. The zero-order valence-electron chi connectivity index (χ0n) is 19.4. The van der Waals surface area contributed by atoms with Crippen LogP contribution >= 0.6 is 11.3 Å². The molecule has 5 rings (SSSR count). The summed E-state index contributed by atoms with van der Waals surface area (Å²) in [6.07, 6.45) is 4.64. The number of nitrogens with zero attached hydrogens (tertiary/aromatic N) is 7. The van der Waals surface area contributed by atoms with Crippen molar-refractivity contribution in [3.05, 3.63) is 41.2 Å². The van der Waals surface area contributed by atoms with Gasteiger partial charge in [0.15, 0.2) is 0 Å². The number of fused-ring (bicyclic) bond motifs is 1. The summed E-state index contributed by atoms with van der Waals surface area (Å²) in [7, 11) is 0. The quantitative estimate of drug-likeness (QED) is 0.574. The van der Waals surface area contributed by atoms with Gasteiger partial charge < -0.3 is 14.7 Å². The van der Waals surface area contributed by atoms with E-state index in [1.165, 1.54) is 17.8 Å². The van der Waals surface area contributed by atoms with Gasteiger partial charge in [0.05, 0.1) is 10.3 Å². The van der Waals surface area contributed by atoms with Crippen LogP contribution in [-0.4, -0.2) is 89.6 Å². The molecule has 0 saturated carbocycles. The number of carbonyl (C=O) groups excluding carboxylic acids is 1. The zero-order chi connectivity index (χ0) is 22.8. The molecule has 5 heterocycles. The first-order valence-electron chi connectivity index (χ1n) is 11.8. The van der Waals surface area contributed by atoms with Crippen molar-refractivity contribution in [1.29, 1.82) is 0 Å². The topological polar surface area (TPSA) is 68.7 Å². The molecule has 174 valence electrons.